The van der Waals surface area contributed by atoms with Crippen molar-refractivity contribution in [2.75, 3.05) is 37.0 Å². The predicted octanol–water partition coefficient (Wildman–Crippen LogP) is 2.76. The molecule has 2 aliphatic heterocycles. The van der Waals surface area contributed by atoms with Crippen LogP contribution in [0.1, 0.15) is 12.8 Å². The molecule has 156 valence electrons. The molecule has 0 aliphatic carbocycles. The van der Waals surface area contributed by atoms with E-state index in [4.69, 9.17) is 4.74 Å². The highest BCUT2D eigenvalue weighted by atomic mass is 32.2. The Bertz CT molecular complexity index is 974. The van der Waals surface area contributed by atoms with Crippen molar-refractivity contribution in [1.29, 1.82) is 0 Å². The van der Waals surface area contributed by atoms with Gasteiger partial charge in [0.05, 0.1) is 18.5 Å². The molecule has 8 heteroatoms. The molecule has 0 spiro atoms. The number of hydrogen-bond acceptors (Lipinski definition) is 5. The van der Waals surface area contributed by atoms with Crippen LogP contribution < -0.4 is 15.0 Å². The summed E-state index contributed by atoms with van der Waals surface area (Å²) < 4.78 is 5.27. The molecular formula is C22H23N3O4S. The van der Waals surface area contributed by atoms with Crippen LogP contribution in [0.3, 0.4) is 0 Å². The third kappa shape index (κ3) is 4.00. The van der Waals surface area contributed by atoms with E-state index in [9.17, 15) is 14.4 Å². The van der Waals surface area contributed by atoms with Gasteiger partial charge in [0.25, 0.3) is 5.91 Å². The van der Waals surface area contributed by atoms with Crippen molar-refractivity contribution in [3.8, 4) is 5.75 Å². The van der Waals surface area contributed by atoms with Crippen LogP contribution in [0.15, 0.2) is 53.4 Å². The molecule has 1 N–H and O–H groups in total. The second kappa shape index (κ2) is 8.79. The normalized spacial score (nSPS) is 18.2. The zero-order chi connectivity index (χ0) is 21.1. The highest BCUT2D eigenvalue weighted by molar-refractivity contribution is 8.01. The van der Waals surface area contributed by atoms with Crippen LogP contribution in [0.4, 0.5) is 11.4 Å². The number of para-hydroxylation sites is 3. The topological polar surface area (TPSA) is 79.0 Å². The van der Waals surface area contributed by atoms with Gasteiger partial charge in [-0.3, -0.25) is 14.4 Å². The molecule has 1 saturated heterocycles. The SMILES string of the molecule is COc1ccccc1NC(=O)CN1C(=O)C(C(=O)N2CCCC2)Sc2ccccc21. The van der Waals surface area contributed by atoms with Crippen molar-refractivity contribution in [3.05, 3.63) is 48.5 Å². The second-order valence-corrected chi connectivity index (χ2v) is 8.32. The number of nitrogens with zero attached hydrogens (tertiary/aromatic N) is 2. The summed E-state index contributed by atoms with van der Waals surface area (Å²) in [5.74, 6) is -0.353. The fourth-order valence-corrected chi connectivity index (χ4v) is 4.91. The number of anilines is 2. The molecule has 30 heavy (non-hydrogen) atoms. The van der Waals surface area contributed by atoms with Crippen LogP contribution in [-0.2, 0) is 14.4 Å². The molecular weight excluding hydrogens is 402 g/mol. The Morgan fingerprint density at radius 2 is 1.80 bits per heavy atom. The number of benzene rings is 2. The minimum Gasteiger partial charge on any atom is -0.495 e. The first kappa shape index (κ1) is 20.3. The molecule has 3 amide bonds. The average Bonchev–Trinajstić information content (AvgIpc) is 3.30. The van der Waals surface area contributed by atoms with E-state index in [1.165, 1.54) is 23.8 Å². The first-order valence-electron chi connectivity index (χ1n) is 9.87. The van der Waals surface area contributed by atoms with E-state index in [0.29, 0.717) is 30.2 Å². The average molecular weight is 426 g/mol. The van der Waals surface area contributed by atoms with Crippen molar-refractivity contribution in [3.63, 3.8) is 0 Å². The lowest BCUT2D eigenvalue weighted by Crippen LogP contribution is -2.51. The van der Waals surface area contributed by atoms with Crippen molar-refractivity contribution in [1.82, 2.24) is 4.90 Å². The molecule has 2 heterocycles. The monoisotopic (exact) mass is 425 g/mol. The summed E-state index contributed by atoms with van der Waals surface area (Å²) >= 11 is 1.27. The lowest BCUT2D eigenvalue weighted by Gasteiger charge is -2.34. The Balaban J connectivity index is 1.56. The Kier molecular flexibility index (Phi) is 5.94. The van der Waals surface area contributed by atoms with Crippen LogP contribution >= 0.6 is 11.8 Å². The number of rotatable bonds is 5. The van der Waals surface area contributed by atoms with E-state index in [0.717, 1.165) is 17.7 Å². The third-order valence-electron chi connectivity index (χ3n) is 5.22. The van der Waals surface area contributed by atoms with Crippen molar-refractivity contribution in [2.24, 2.45) is 0 Å². The molecule has 1 atom stereocenters. The predicted molar refractivity (Wildman–Crippen MR) is 116 cm³/mol. The van der Waals surface area contributed by atoms with Gasteiger partial charge >= 0.3 is 0 Å². The molecule has 0 bridgehead atoms. The smallest absolute Gasteiger partial charge is 0.250 e. The van der Waals surface area contributed by atoms with E-state index in [1.54, 1.807) is 29.2 Å². The van der Waals surface area contributed by atoms with Gasteiger partial charge in [-0.2, -0.15) is 0 Å². The number of methoxy groups -OCH3 is 1. The number of thioether (sulfide) groups is 1. The minimum atomic E-state index is -0.864. The zero-order valence-corrected chi connectivity index (χ0v) is 17.5. The van der Waals surface area contributed by atoms with E-state index in [2.05, 4.69) is 5.32 Å². The molecule has 1 unspecified atom stereocenters. The van der Waals surface area contributed by atoms with E-state index >= 15 is 0 Å². The van der Waals surface area contributed by atoms with Crippen molar-refractivity contribution < 1.29 is 19.1 Å². The van der Waals surface area contributed by atoms with E-state index in [1.807, 2.05) is 24.3 Å². The lowest BCUT2D eigenvalue weighted by atomic mass is 10.2. The first-order valence-corrected chi connectivity index (χ1v) is 10.7. The number of ether oxygens (including phenoxy) is 1. The van der Waals surface area contributed by atoms with Crippen molar-refractivity contribution in [2.45, 2.75) is 23.0 Å². The number of nitrogens with one attached hydrogen (secondary N) is 1. The van der Waals surface area contributed by atoms with Gasteiger partial charge in [-0.05, 0) is 37.1 Å². The van der Waals surface area contributed by atoms with Crippen LogP contribution in [-0.4, -0.2) is 54.6 Å². The van der Waals surface area contributed by atoms with Gasteiger partial charge in [0.15, 0.2) is 5.25 Å². The number of likely N-dealkylation sites (tertiary alicyclic amines) is 1. The molecule has 0 radical (unpaired) electrons. The summed E-state index contributed by atoms with van der Waals surface area (Å²) in [5, 5.41) is 1.94. The van der Waals surface area contributed by atoms with Gasteiger partial charge in [-0.1, -0.05) is 24.3 Å². The maximum atomic E-state index is 13.3. The molecule has 4 rings (SSSR count). The Hall–Kier alpha value is -3.00. The molecule has 0 aromatic heterocycles. The highest BCUT2D eigenvalue weighted by Gasteiger charge is 2.41. The van der Waals surface area contributed by atoms with Gasteiger partial charge < -0.3 is 19.9 Å². The molecule has 0 saturated carbocycles. The Morgan fingerprint density at radius 1 is 1.10 bits per heavy atom. The number of amides is 3. The fraction of sp³-hybridized carbons (Fsp3) is 0.318. The van der Waals surface area contributed by atoms with Crippen LogP contribution in [0.2, 0.25) is 0 Å². The Morgan fingerprint density at radius 3 is 2.57 bits per heavy atom. The van der Waals surface area contributed by atoms with Gasteiger partial charge in [-0.25, -0.2) is 0 Å². The Labute approximate surface area is 179 Å². The van der Waals surface area contributed by atoms with Crippen LogP contribution in [0.5, 0.6) is 5.75 Å². The van der Waals surface area contributed by atoms with E-state index < -0.39 is 5.25 Å². The fourth-order valence-electron chi connectivity index (χ4n) is 3.72. The summed E-state index contributed by atoms with van der Waals surface area (Å²) in [6, 6.07) is 14.4. The largest absolute Gasteiger partial charge is 0.495 e. The summed E-state index contributed by atoms with van der Waals surface area (Å²) in [4.78, 5) is 43.0. The number of carbonyl (C=O) groups excluding carboxylic acids is 3. The van der Waals surface area contributed by atoms with Gasteiger partial charge in [-0.15, -0.1) is 11.8 Å². The third-order valence-corrected chi connectivity index (χ3v) is 6.45. The second-order valence-electron chi connectivity index (χ2n) is 7.17. The quantitative estimate of drug-likeness (QED) is 0.746. The van der Waals surface area contributed by atoms with E-state index in [-0.39, 0.29) is 24.3 Å². The summed E-state index contributed by atoms with van der Waals surface area (Å²) in [6.07, 6.45) is 1.91. The highest BCUT2D eigenvalue weighted by Crippen LogP contribution is 2.40. The number of hydrogen-bond donors (Lipinski definition) is 1. The standard InChI is InChI=1S/C22H23N3O4S/c1-29-17-10-4-2-8-15(17)23-19(26)14-25-16-9-3-5-11-18(16)30-20(22(25)28)21(27)24-12-6-7-13-24/h2-5,8-11,20H,6-7,12-14H2,1H3,(H,23,26). The minimum absolute atomic E-state index is 0.174. The zero-order valence-electron chi connectivity index (χ0n) is 16.7. The van der Waals surface area contributed by atoms with Gasteiger partial charge in [0.1, 0.15) is 12.3 Å². The molecule has 2 aromatic rings. The molecule has 2 aliphatic rings. The maximum absolute atomic E-state index is 13.3. The molecule has 7 nitrogen and oxygen atoms in total. The van der Waals surface area contributed by atoms with Crippen LogP contribution in [0.25, 0.3) is 0 Å². The summed E-state index contributed by atoms with van der Waals surface area (Å²) in [6.45, 7) is 1.18. The lowest BCUT2D eigenvalue weighted by molar-refractivity contribution is -0.134. The van der Waals surface area contributed by atoms with Crippen LogP contribution in [0, 0.1) is 0 Å². The first-order chi connectivity index (χ1) is 14.6. The number of fused-ring (bicyclic) bond motifs is 1. The van der Waals surface area contributed by atoms with Gasteiger partial charge in [0.2, 0.25) is 11.8 Å². The number of carbonyl (C=O) groups is 3. The van der Waals surface area contributed by atoms with Gasteiger partial charge in [0, 0.05) is 18.0 Å². The molecule has 1 fully saturated rings. The summed E-state index contributed by atoms with van der Waals surface area (Å²) in [5.41, 5.74) is 1.18. The molecule has 2 aromatic carbocycles. The summed E-state index contributed by atoms with van der Waals surface area (Å²) in [7, 11) is 1.53. The van der Waals surface area contributed by atoms with Crippen molar-refractivity contribution >= 4 is 40.9 Å². The maximum Gasteiger partial charge on any atom is 0.250 e.